The van der Waals surface area contributed by atoms with Gasteiger partial charge in [-0.2, -0.15) is 0 Å². The Morgan fingerprint density at radius 1 is 1.17 bits per heavy atom. The van der Waals surface area contributed by atoms with E-state index >= 15 is 0 Å². The van der Waals surface area contributed by atoms with Gasteiger partial charge in [0.2, 0.25) is 5.91 Å². The Labute approximate surface area is 201 Å². The van der Waals surface area contributed by atoms with E-state index in [9.17, 15) is 4.79 Å². The molecular weight excluding hydrogens is 583 g/mol. The minimum absolute atomic E-state index is 0.0615. The Morgan fingerprint density at radius 3 is 2.66 bits per heavy atom. The molecular formula is C20H20BrIN4OS2. The lowest BCUT2D eigenvalue weighted by atomic mass is 10.2. The predicted octanol–water partition coefficient (Wildman–Crippen LogP) is 5.65. The maximum absolute atomic E-state index is 12.3. The van der Waals surface area contributed by atoms with Crippen LogP contribution in [0.25, 0.3) is 0 Å². The van der Waals surface area contributed by atoms with Crippen LogP contribution >= 0.6 is 62.0 Å². The van der Waals surface area contributed by atoms with Crippen molar-refractivity contribution in [3.63, 3.8) is 0 Å². The molecule has 152 valence electrons. The lowest BCUT2D eigenvalue weighted by molar-refractivity contribution is -0.113. The topological polar surface area (TPSA) is 59.8 Å². The van der Waals surface area contributed by atoms with Crippen LogP contribution in [0.3, 0.4) is 0 Å². The molecule has 0 saturated carbocycles. The molecule has 0 aliphatic rings. The molecule has 0 atom stereocenters. The summed E-state index contributed by atoms with van der Waals surface area (Å²) in [6.07, 6.45) is 0. The van der Waals surface area contributed by atoms with Gasteiger partial charge in [0.1, 0.15) is 5.82 Å². The van der Waals surface area contributed by atoms with Gasteiger partial charge in [-0.05, 0) is 53.3 Å². The molecule has 1 heterocycles. The van der Waals surface area contributed by atoms with Crippen molar-refractivity contribution in [3.8, 4) is 0 Å². The number of carbonyl (C=O) groups excluding carboxylic acids is 1. The fraction of sp³-hybridized carbons (Fsp3) is 0.250. The summed E-state index contributed by atoms with van der Waals surface area (Å²) < 4.78 is 3.94. The van der Waals surface area contributed by atoms with Crippen LogP contribution in [0.15, 0.2) is 52.1 Å². The van der Waals surface area contributed by atoms with E-state index in [-0.39, 0.29) is 11.7 Å². The van der Waals surface area contributed by atoms with Crippen LogP contribution in [-0.4, -0.2) is 26.4 Å². The molecule has 0 bridgehead atoms. The van der Waals surface area contributed by atoms with Gasteiger partial charge in [0.05, 0.1) is 17.2 Å². The molecule has 3 aromatic rings. The van der Waals surface area contributed by atoms with Crippen molar-refractivity contribution in [2.45, 2.75) is 23.6 Å². The van der Waals surface area contributed by atoms with Gasteiger partial charge in [0, 0.05) is 20.8 Å². The van der Waals surface area contributed by atoms with Gasteiger partial charge in [-0.15, -0.1) is 22.0 Å². The van der Waals surface area contributed by atoms with E-state index < -0.39 is 0 Å². The summed E-state index contributed by atoms with van der Waals surface area (Å²) in [5.74, 6) is 2.85. The fourth-order valence-electron chi connectivity index (χ4n) is 2.45. The number of nitrogens with one attached hydrogen (secondary N) is 1. The van der Waals surface area contributed by atoms with E-state index in [0.29, 0.717) is 0 Å². The predicted molar refractivity (Wildman–Crippen MR) is 133 cm³/mol. The molecule has 1 aromatic heterocycles. The second-order valence-corrected chi connectivity index (χ2v) is 10.4. The molecule has 9 heteroatoms. The third-order valence-electron chi connectivity index (χ3n) is 4.08. The van der Waals surface area contributed by atoms with E-state index in [2.05, 4.69) is 85.2 Å². The largest absolute Gasteiger partial charge is 0.324 e. The normalized spacial score (nSPS) is 10.9. The molecule has 0 fully saturated rings. The van der Waals surface area contributed by atoms with Crippen LogP contribution in [0.4, 0.5) is 5.69 Å². The SMILES string of the molecule is Cc1ccc(CSCc2nnc(SCC(=O)Nc3ccc(Br)cc3I)n2C)cc1. The van der Waals surface area contributed by atoms with Crippen molar-refractivity contribution in [1.29, 1.82) is 0 Å². The molecule has 0 spiro atoms. The zero-order chi connectivity index (χ0) is 20.8. The van der Waals surface area contributed by atoms with Crippen LogP contribution in [0.5, 0.6) is 0 Å². The standard InChI is InChI=1S/C20H20BrIN4OS2/c1-13-3-5-14(6-4-13)10-28-11-18-24-25-20(26(18)2)29-12-19(27)23-17-8-7-15(21)9-16(17)22/h3-9H,10-12H2,1-2H3,(H,23,27). The van der Waals surface area contributed by atoms with Crippen LogP contribution < -0.4 is 5.32 Å². The van der Waals surface area contributed by atoms with E-state index in [0.717, 1.165) is 36.2 Å². The Hall–Kier alpha value is -1.04. The highest BCUT2D eigenvalue weighted by molar-refractivity contribution is 14.1. The number of hydrogen-bond acceptors (Lipinski definition) is 5. The molecule has 1 N–H and O–H groups in total. The molecule has 29 heavy (non-hydrogen) atoms. The van der Waals surface area contributed by atoms with Crippen LogP contribution in [0, 0.1) is 10.5 Å². The van der Waals surface area contributed by atoms with Crippen molar-refractivity contribution in [1.82, 2.24) is 14.8 Å². The van der Waals surface area contributed by atoms with E-state index in [1.807, 2.05) is 29.8 Å². The van der Waals surface area contributed by atoms with Crippen molar-refractivity contribution in [2.24, 2.45) is 7.05 Å². The number of carbonyl (C=O) groups is 1. The molecule has 0 radical (unpaired) electrons. The second-order valence-electron chi connectivity index (χ2n) is 6.40. The first kappa shape index (κ1) is 22.6. The monoisotopic (exact) mass is 602 g/mol. The molecule has 0 aliphatic heterocycles. The number of hydrogen-bond donors (Lipinski definition) is 1. The Morgan fingerprint density at radius 2 is 1.93 bits per heavy atom. The average molecular weight is 603 g/mol. The molecule has 0 unspecified atom stereocenters. The van der Waals surface area contributed by atoms with E-state index in [1.54, 1.807) is 11.8 Å². The number of aryl methyl sites for hydroxylation is 1. The third kappa shape index (κ3) is 6.73. The lowest BCUT2D eigenvalue weighted by Crippen LogP contribution is -2.15. The van der Waals surface area contributed by atoms with E-state index in [1.165, 1.54) is 22.9 Å². The molecule has 0 saturated heterocycles. The summed E-state index contributed by atoms with van der Waals surface area (Å²) in [6.45, 7) is 2.09. The number of nitrogens with zero attached hydrogens (tertiary/aromatic N) is 3. The van der Waals surface area contributed by atoms with Crippen LogP contribution in [-0.2, 0) is 23.3 Å². The Kier molecular flexibility index (Phi) is 8.45. The minimum atomic E-state index is -0.0615. The zero-order valence-electron chi connectivity index (χ0n) is 16.0. The summed E-state index contributed by atoms with van der Waals surface area (Å²) in [6, 6.07) is 14.3. The molecule has 0 aliphatic carbocycles. The highest BCUT2D eigenvalue weighted by Gasteiger charge is 2.12. The summed E-state index contributed by atoms with van der Waals surface area (Å²) in [4.78, 5) is 12.3. The first-order valence-electron chi connectivity index (χ1n) is 8.81. The minimum Gasteiger partial charge on any atom is -0.324 e. The molecule has 3 rings (SSSR count). The van der Waals surface area contributed by atoms with Crippen molar-refractivity contribution in [2.75, 3.05) is 11.1 Å². The fourth-order valence-corrected chi connectivity index (χ4v) is 5.58. The Bertz CT molecular complexity index is 995. The van der Waals surface area contributed by atoms with Gasteiger partial charge in [-0.25, -0.2) is 0 Å². The van der Waals surface area contributed by atoms with Gasteiger partial charge in [0.15, 0.2) is 5.16 Å². The number of rotatable bonds is 8. The summed E-state index contributed by atoms with van der Waals surface area (Å²) in [5.41, 5.74) is 3.38. The third-order valence-corrected chi connectivity index (χ3v) is 7.49. The summed E-state index contributed by atoms with van der Waals surface area (Å²) >= 11 is 8.83. The van der Waals surface area contributed by atoms with Gasteiger partial charge in [-0.3, -0.25) is 4.79 Å². The van der Waals surface area contributed by atoms with Gasteiger partial charge in [0.25, 0.3) is 0 Å². The molecule has 2 aromatic carbocycles. The number of halogens is 2. The Balaban J connectivity index is 1.48. The zero-order valence-corrected chi connectivity index (χ0v) is 21.4. The highest BCUT2D eigenvalue weighted by Crippen LogP contribution is 2.24. The number of benzene rings is 2. The smallest absolute Gasteiger partial charge is 0.234 e. The second kappa shape index (κ2) is 10.8. The molecule has 5 nitrogen and oxygen atoms in total. The number of anilines is 1. The first-order valence-corrected chi connectivity index (χ1v) is 12.8. The highest BCUT2D eigenvalue weighted by atomic mass is 127. The van der Waals surface area contributed by atoms with Crippen molar-refractivity contribution >= 4 is 73.6 Å². The van der Waals surface area contributed by atoms with Gasteiger partial charge < -0.3 is 9.88 Å². The summed E-state index contributed by atoms with van der Waals surface area (Å²) in [5, 5.41) is 12.2. The average Bonchev–Trinajstić information content (AvgIpc) is 3.04. The van der Waals surface area contributed by atoms with E-state index in [4.69, 9.17) is 0 Å². The van der Waals surface area contributed by atoms with Crippen molar-refractivity contribution in [3.05, 3.63) is 67.5 Å². The number of amides is 1. The first-order chi connectivity index (χ1) is 13.9. The summed E-state index contributed by atoms with van der Waals surface area (Å²) in [7, 11) is 1.94. The van der Waals surface area contributed by atoms with Crippen molar-refractivity contribution < 1.29 is 4.79 Å². The number of aromatic nitrogens is 3. The van der Waals surface area contributed by atoms with Crippen LogP contribution in [0.2, 0.25) is 0 Å². The lowest BCUT2D eigenvalue weighted by Gasteiger charge is -2.08. The maximum atomic E-state index is 12.3. The van der Waals surface area contributed by atoms with Gasteiger partial charge >= 0.3 is 0 Å². The van der Waals surface area contributed by atoms with Gasteiger partial charge in [-0.1, -0.05) is 57.5 Å². The maximum Gasteiger partial charge on any atom is 0.234 e. The van der Waals surface area contributed by atoms with Crippen LogP contribution in [0.1, 0.15) is 17.0 Å². The quantitative estimate of drug-likeness (QED) is 0.266. The molecule has 1 amide bonds. The number of thioether (sulfide) groups is 2.